The Morgan fingerprint density at radius 2 is 2.05 bits per heavy atom. The number of fused-ring (bicyclic) bond motifs is 1. The second-order valence-corrected chi connectivity index (χ2v) is 6.50. The molecular formula is C15H22F2N4O. The molecule has 1 atom stereocenters. The minimum atomic E-state index is -2.28. The predicted molar refractivity (Wildman–Crippen MR) is 80.1 cm³/mol. The molecule has 0 aliphatic carbocycles. The number of anilines is 1. The van der Waals surface area contributed by atoms with Crippen molar-refractivity contribution in [2.45, 2.75) is 31.9 Å². The molecule has 1 saturated heterocycles. The van der Waals surface area contributed by atoms with Gasteiger partial charge in [0.25, 0.3) is 6.43 Å². The summed E-state index contributed by atoms with van der Waals surface area (Å²) in [4.78, 5) is 8.36. The van der Waals surface area contributed by atoms with Gasteiger partial charge in [0.15, 0.2) is 0 Å². The number of nitrogen functional groups attached to an aromatic ring is 1. The molecule has 0 saturated carbocycles. The number of hydrogen-bond donors (Lipinski definition) is 1. The lowest BCUT2D eigenvalue weighted by Crippen LogP contribution is -2.52. The van der Waals surface area contributed by atoms with Crippen LogP contribution in [-0.2, 0) is 0 Å². The number of aromatic nitrogens is 1. The number of pyridine rings is 1. The fraction of sp³-hybridized carbons (Fsp3) is 0.667. The first kappa shape index (κ1) is 15.4. The first-order valence-corrected chi connectivity index (χ1v) is 7.56. The summed E-state index contributed by atoms with van der Waals surface area (Å²) in [6, 6.07) is 1.96. The summed E-state index contributed by atoms with van der Waals surface area (Å²) in [5, 5.41) is 0. The van der Waals surface area contributed by atoms with E-state index in [1.54, 1.807) is 6.20 Å². The largest absolute Gasteiger partial charge is 0.469 e. The maximum Gasteiger partial charge on any atom is 0.251 e. The molecule has 22 heavy (non-hydrogen) atoms. The lowest BCUT2D eigenvalue weighted by Gasteiger charge is -2.41. The quantitative estimate of drug-likeness (QED) is 0.922. The Morgan fingerprint density at radius 3 is 2.68 bits per heavy atom. The Bertz CT molecular complexity index is 544. The van der Waals surface area contributed by atoms with E-state index in [1.165, 1.54) is 0 Å². The Kier molecular flexibility index (Phi) is 3.94. The van der Waals surface area contributed by atoms with Crippen LogP contribution in [0.25, 0.3) is 0 Å². The molecule has 0 amide bonds. The minimum Gasteiger partial charge on any atom is -0.469 e. The lowest BCUT2D eigenvalue weighted by molar-refractivity contribution is -0.00834. The second-order valence-electron chi connectivity index (χ2n) is 6.50. The Labute approximate surface area is 129 Å². The number of nitrogens with zero attached hydrogens (tertiary/aromatic N) is 3. The molecule has 0 bridgehead atoms. The molecule has 3 heterocycles. The standard InChI is InChI=1S/C15H22F2N4O/c1-15(2)13(11-7-10(18)8-19-14(11)22-15)21-5-3-20(4-6-21)9-12(16)17/h7-8,12-13H,3-6,9,18H2,1-2H3. The number of alkyl halides is 2. The van der Waals surface area contributed by atoms with E-state index in [0.29, 0.717) is 24.7 Å². The average molecular weight is 312 g/mol. The molecular weight excluding hydrogens is 290 g/mol. The fourth-order valence-electron chi connectivity index (χ4n) is 3.48. The molecule has 2 aliphatic rings. The summed E-state index contributed by atoms with van der Waals surface area (Å²) in [6.07, 6.45) is -0.680. The van der Waals surface area contributed by atoms with Crippen molar-refractivity contribution < 1.29 is 13.5 Å². The van der Waals surface area contributed by atoms with E-state index < -0.39 is 12.0 Å². The van der Waals surface area contributed by atoms with Gasteiger partial charge in [0.05, 0.1) is 24.5 Å². The smallest absolute Gasteiger partial charge is 0.251 e. The first-order chi connectivity index (χ1) is 10.4. The highest BCUT2D eigenvalue weighted by atomic mass is 19.3. The van der Waals surface area contributed by atoms with Crippen molar-refractivity contribution in [3.8, 4) is 5.88 Å². The van der Waals surface area contributed by atoms with Gasteiger partial charge in [-0.15, -0.1) is 0 Å². The summed E-state index contributed by atoms with van der Waals surface area (Å²) in [5.74, 6) is 0.624. The summed E-state index contributed by atoms with van der Waals surface area (Å²) < 4.78 is 30.9. The van der Waals surface area contributed by atoms with Crippen molar-refractivity contribution in [2.24, 2.45) is 0 Å². The molecule has 3 rings (SSSR count). The van der Waals surface area contributed by atoms with E-state index in [4.69, 9.17) is 10.5 Å². The van der Waals surface area contributed by atoms with Crippen LogP contribution in [0.15, 0.2) is 12.3 Å². The van der Waals surface area contributed by atoms with Crippen LogP contribution in [0.1, 0.15) is 25.5 Å². The highest BCUT2D eigenvalue weighted by molar-refractivity contribution is 5.47. The third-order valence-electron chi connectivity index (χ3n) is 4.38. The van der Waals surface area contributed by atoms with Crippen LogP contribution >= 0.6 is 0 Å². The van der Waals surface area contributed by atoms with E-state index in [0.717, 1.165) is 18.7 Å². The summed E-state index contributed by atoms with van der Waals surface area (Å²) in [5.41, 5.74) is 7.06. The van der Waals surface area contributed by atoms with Crippen molar-refractivity contribution in [3.05, 3.63) is 17.8 Å². The van der Waals surface area contributed by atoms with Gasteiger partial charge in [-0.05, 0) is 19.9 Å². The van der Waals surface area contributed by atoms with Crippen molar-refractivity contribution >= 4 is 5.69 Å². The van der Waals surface area contributed by atoms with Gasteiger partial charge in [-0.2, -0.15) is 0 Å². The summed E-state index contributed by atoms with van der Waals surface area (Å²) in [7, 11) is 0. The highest BCUT2D eigenvalue weighted by Crippen LogP contribution is 2.46. The average Bonchev–Trinajstić information content (AvgIpc) is 2.69. The van der Waals surface area contributed by atoms with Gasteiger partial charge in [0, 0.05) is 31.7 Å². The molecule has 1 aromatic rings. The molecule has 0 aromatic carbocycles. The number of ether oxygens (including phenoxy) is 1. The van der Waals surface area contributed by atoms with Gasteiger partial charge in [-0.3, -0.25) is 9.80 Å². The van der Waals surface area contributed by atoms with Crippen LogP contribution in [0.4, 0.5) is 14.5 Å². The number of hydrogen-bond acceptors (Lipinski definition) is 5. The summed E-state index contributed by atoms with van der Waals surface area (Å²) in [6.45, 7) is 6.66. The number of nitrogens with two attached hydrogens (primary N) is 1. The van der Waals surface area contributed by atoms with Crippen LogP contribution in [0.2, 0.25) is 0 Å². The molecule has 0 radical (unpaired) electrons. The molecule has 1 fully saturated rings. The summed E-state index contributed by atoms with van der Waals surface area (Å²) >= 11 is 0. The number of halogens is 2. The van der Waals surface area contributed by atoms with Crippen LogP contribution in [0.5, 0.6) is 5.88 Å². The molecule has 1 unspecified atom stereocenters. The highest BCUT2D eigenvalue weighted by Gasteiger charge is 2.46. The van der Waals surface area contributed by atoms with E-state index in [2.05, 4.69) is 9.88 Å². The molecule has 5 nitrogen and oxygen atoms in total. The molecule has 122 valence electrons. The van der Waals surface area contributed by atoms with Crippen LogP contribution < -0.4 is 10.5 Å². The van der Waals surface area contributed by atoms with Gasteiger partial charge in [0.2, 0.25) is 5.88 Å². The molecule has 1 aromatic heterocycles. The zero-order valence-corrected chi connectivity index (χ0v) is 12.9. The van der Waals surface area contributed by atoms with Crippen molar-refractivity contribution in [3.63, 3.8) is 0 Å². The maximum atomic E-state index is 12.5. The molecule has 2 N–H and O–H groups in total. The van der Waals surface area contributed by atoms with E-state index >= 15 is 0 Å². The topological polar surface area (TPSA) is 54.6 Å². The minimum absolute atomic E-state index is 0.0483. The van der Waals surface area contributed by atoms with Gasteiger partial charge in [0.1, 0.15) is 5.60 Å². The molecule has 7 heteroatoms. The lowest BCUT2D eigenvalue weighted by atomic mass is 9.93. The molecule has 0 spiro atoms. The first-order valence-electron chi connectivity index (χ1n) is 7.56. The normalized spacial score (nSPS) is 25.2. The Hall–Kier alpha value is -1.47. The van der Waals surface area contributed by atoms with Crippen LogP contribution in [0.3, 0.4) is 0 Å². The monoisotopic (exact) mass is 312 g/mol. The van der Waals surface area contributed by atoms with Crippen molar-refractivity contribution in [2.75, 3.05) is 38.5 Å². The van der Waals surface area contributed by atoms with Gasteiger partial charge in [-0.1, -0.05) is 0 Å². The van der Waals surface area contributed by atoms with Gasteiger partial charge >= 0.3 is 0 Å². The number of piperazine rings is 1. The van der Waals surface area contributed by atoms with Crippen LogP contribution in [-0.4, -0.2) is 59.5 Å². The van der Waals surface area contributed by atoms with Crippen molar-refractivity contribution in [1.29, 1.82) is 0 Å². The van der Waals surface area contributed by atoms with E-state index in [1.807, 2.05) is 24.8 Å². The third kappa shape index (κ3) is 2.87. The van der Waals surface area contributed by atoms with Crippen LogP contribution in [0, 0.1) is 0 Å². The zero-order valence-electron chi connectivity index (χ0n) is 12.9. The zero-order chi connectivity index (χ0) is 15.9. The fourth-order valence-corrected chi connectivity index (χ4v) is 3.48. The van der Waals surface area contributed by atoms with Gasteiger partial charge < -0.3 is 10.5 Å². The van der Waals surface area contributed by atoms with Gasteiger partial charge in [-0.25, -0.2) is 13.8 Å². The number of rotatable bonds is 3. The van der Waals surface area contributed by atoms with E-state index in [9.17, 15) is 8.78 Å². The maximum absolute atomic E-state index is 12.5. The Morgan fingerprint density at radius 1 is 1.36 bits per heavy atom. The second kappa shape index (κ2) is 5.62. The van der Waals surface area contributed by atoms with Crippen molar-refractivity contribution in [1.82, 2.24) is 14.8 Å². The Balaban J connectivity index is 1.76. The van der Waals surface area contributed by atoms with E-state index in [-0.39, 0.29) is 12.6 Å². The third-order valence-corrected chi connectivity index (χ3v) is 4.38. The predicted octanol–water partition coefficient (Wildman–Crippen LogP) is 1.76. The SMILES string of the molecule is CC1(C)Oc2ncc(N)cc2C1N1CCN(CC(F)F)CC1. The molecule has 2 aliphatic heterocycles.